The van der Waals surface area contributed by atoms with Crippen LogP contribution in [0.3, 0.4) is 0 Å². The standard InChI is InChI=1S/C20H19ClFN5O/c21-16-4-2-1-3-15(16)18-17(22)19(23)26-20(25-18)24-13-5-7-14(8-6-13)27-9-11-28-12-10-27/h1-8H,9-12H2,(H3,23,24,25,26). The summed E-state index contributed by atoms with van der Waals surface area (Å²) in [5, 5.41) is 3.47. The number of anilines is 4. The van der Waals surface area contributed by atoms with E-state index in [1.807, 2.05) is 24.3 Å². The Labute approximate surface area is 167 Å². The number of nitrogens with zero attached hydrogens (tertiary/aromatic N) is 3. The van der Waals surface area contributed by atoms with Gasteiger partial charge in [0.2, 0.25) is 5.95 Å². The number of nitrogens with one attached hydrogen (secondary N) is 1. The highest BCUT2D eigenvalue weighted by molar-refractivity contribution is 6.33. The summed E-state index contributed by atoms with van der Waals surface area (Å²) < 4.78 is 19.9. The lowest BCUT2D eigenvalue weighted by atomic mass is 10.1. The summed E-state index contributed by atoms with van der Waals surface area (Å²) in [7, 11) is 0. The summed E-state index contributed by atoms with van der Waals surface area (Å²) >= 11 is 6.18. The first-order chi connectivity index (χ1) is 13.6. The minimum absolute atomic E-state index is 0.0607. The summed E-state index contributed by atoms with van der Waals surface area (Å²) in [5.74, 6) is -0.730. The molecule has 0 radical (unpaired) electrons. The van der Waals surface area contributed by atoms with Crippen molar-refractivity contribution in [3.05, 3.63) is 59.4 Å². The molecule has 0 aliphatic carbocycles. The van der Waals surface area contributed by atoms with Crippen LogP contribution >= 0.6 is 11.6 Å². The third-order valence-corrected chi connectivity index (χ3v) is 4.84. The van der Waals surface area contributed by atoms with E-state index in [1.165, 1.54) is 0 Å². The number of nitrogen functional groups attached to an aromatic ring is 1. The van der Waals surface area contributed by atoms with Crippen LogP contribution in [0.25, 0.3) is 11.3 Å². The lowest BCUT2D eigenvalue weighted by Gasteiger charge is -2.28. The Balaban J connectivity index is 1.59. The van der Waals surface area contributed by atoms with E-state index in [0.717, 1.165) is 37.7 Å². The largest absolute Gasteiger partial charge is 0.381 e. The maximum Gasteiger partial charge on any atom is 0.229 e. The summed E-state index contributed by atoms with van der Waals surface area (Å²) in [6.07, 6.45) is 0. The summed E-state index contributed by atoms with van der Waals surface area (Å²) in [5.41, 5.74) is 8.16. The molecule has 28 heavy (non-hydrogen) atoms. The molecular formula is C20H19ClFN5O. The first-order valence-corrected chi connectivity index (χ1v) is 9.27. The lowest BCUT2D eigenvalue weighted by molar-refractivity contribution is 0.122. The summed E-state index contributed by atoms with van der Waals surface area (Å²) in [4.78, 5) is 10.5. The van der Waals surface area contributed by atoms with Crippen molar-refractivity contribution in [1.82, 2.24) is 9.97 Å². The van der Waals surface area contributed by atoms with Crippen molar-refractivity contribution in [2.24, 2.45) is 0 Å². The van der Waals surface area contributed by atoms with Crippen molar-refractivity contribution in [2.75, 3.05) is 42.3 Å². The van der Waals surface area contributed by atoms with E-state index in [4.69, 9.17) is 22.1 Å². The molecule has 4 rings (SSSR count). The summed E-state index contributed by atoms with van der Waals surface area (Å²) in [6, 6.07) is 14.7. The van der Waals surface area contributed by atoms with Crippen molar-refractivity contribution < 1.29 is 9.13 Å². The average molecular weight is 400 g/mol. The molecule has 8 heteroatoms. The number of rotatable bonds is 4. The topological polar surface area (TPSA) is 76.3 Å². The molecule has 1 fully saturated rings. The van der Waals surface area contributed by atoms with Crippen LogP contribution in [-0.2, 0) is 4.74 Å². The van der Waals surface area contributed by atoms with Crippen LogP contribution in [0.4, 0.5) is 27.5 Å². The highest BCUT2D eigenvalue weighted by Crippen LogP contribution is 2.31. The van der Waals surface area contributed by atoms with E-state index in [2.05, 4.69) is 20.2 Å². The molecule has 2 aromatic carbocycles. The highest BCUT2D eigenvalue weighted by atomic mass is 35.5. The molecule has 6 nitrogen and oxygen atoms in total. The minimum atomic E-state index is -0.693. The van der Waals surface area contributed by atoms with Crippen LogP contribution < -0.4 is 16.0 Å². The number of ether oxygens (including phenoxy) is 1. The van der Waals surface area contributed by atoms with E-state index in [0.29, 0.717) is 10.6 Å². The Hall–Kier alpha value is -2.90. The van der Waals surface area contributed by atoms with Gasteiger partial charge in [0.15, 0.2) is 11.6 Å². The van der Waals surface area contributed by atoms with Gasteiger partial charge in [0.05, 0.1) is 18.2 Å². The highest BCUT2D eigenvalue weighted by Gasteiger charge is 2.17. The molecule has 0 bridgehead atoms. The molecule has 3 aromatic rings. The second-order valence-electron chi connectivity index (χ2n) is 6.35. The first-order valence-electron chi connectivity index (χ1n) is 8.89. The van der Waals surface area contributed by atoms with Gasteiger partial charge in [0, 0.05) is 30.0 Å². The molecule has 1 aliphatic heterocycles. The zero-order valence-electron chi connectivity index (χ0n) is 15.0. The molecular weight excluding hydrogens is 381 g/mol. The van der Waals surface area contributed by atoms with Gasteiger partial charge in [-0.25, -0.2) is 9.37 Å². The lowest BCUT2D eigenvalue weighted by Crippen LogP contribution is -2.36. The van der Waals surface area contributed by atoms with Gasteiger partial charge in [-0.15, -0.1) is 0 Å². The Morgan fingerprint density at radius 2 is 1.75 bits per heavy atom. The molecule has 2 heterocycles. The summed E-state index contributed by atoms with van der Waals surface area (Å²) in [6.45, 7) is 3.19. The van der Waals surface area contributed by atoms with Gasteiger partial charge in [-0.2, -0.15) is 4.98 Å². The van der Waals surface area contributed by atoms with Crippen LogP contribution in [0.15, 0.2) is 48.5 Å². The van der Waals surface area contributed by atoms with Crippen LogP contribution in [0.2, 0.25) is 5.02 Å². The smallest absolute Gasteiger partial charge is 0.229 e. The van der Waals surface area contributed by atoms with E-state index >= 15 is 0 Å². The fraction of sp³-hybridized carbons (Fsp3) is 0.200. The van der Waals surface area contributed by atoms with E-state index in [1.54, 1.807) is 24.3 Å². The van der Waals surface area contributed by atoms with Gasteiger partial charge in [-0.1, -0.05) is 29.8 Å². The minimum Gasteiger partial charge on any atom is -0.381 e. The maximum absolute atomic E-state index is 14.5. The molecule has 0 spiro atoms. The van der Waals surface area contributed by atoms with Gasteiger partial charge < -0.3 is 20.7 Å². The second-order valence-corrected chi connectivity index (χ2v) is 6.75. The molecule has 144 valence electrons. The normalized spacial score (nSPS) is 14.1. The third-order valence-electron chi connectivity index (χ3n) is 4.51. The Morgan fingerprint density at radius 3 is 2.46 bits per heavy atom. The zero-order chi connectivity index (χ0) is 19.5. The van der Waals surface area contributed by atoms with Crippen LogP contribution in [0.5, 0.6) is 0 Å². The maximum atomic E-state index is 14.5. The number of benzene rings is 2. The van der Waals surface area contributed by atoms with Gasteiger partial charge in [0.1, 0.15) is 5.69 Å². The quantitative estimate of drug-likeness (QED) is 0.688. The van der Waals surface area contributed by atoms with Gasteiger partial charge in [-0.05, 0) is 30.3 Å². The fourth-order valence-electron chi connectivity index (χ4n) is 3.06. The average Bonchev–Trinajstić information content (AvgIpc) is 2.72. The van der Waals surface area contributed by atoms with Gasteiger partial charge in [0.25, 0.3) is 0 Å². The Kier molecular flexibility index (Phi) is 5.27. The molecule has 0 atom stereocenters. The number of aromatic nitrogens is 2. The van der Waals surface area contributed by atoms with Crippen molar-refractivity contribution >= 4 is 34.7 Å². The van der Waals surface area contributed by atoms with Crippen molar-refractivity contribution in [2.45, 2.75) is 0 Å². The fourth-order valence-corrected chi connectivity index (χ4v) is 3.28. The van der Waals surface area contributed by atoms with E-state index < -0.39 is 5.82 Å². The third kappa shape index (κ3) is 3.85. The Bertz CT molecular complexity index is 977. The molecule has 1 saturated heterocycles. The van der Waals surface area contributed by atoms with Crippen molar-refractivity contribution in [3.63, 3.8) is 0 Å². The predicted octanol–water partition coefficient (Wildman–Crippen LogP) is 4.10. The van der Waals surface area contributed by atoms with Crippen LogP contribution in [-0.4, -0.2) is 36.3 Å². The van der Waals surface area contributed by atoms with Crippen LogP contribution in [0, 0.1) is 5.82 Å². The van der Waals surface area contributed by atoms with Crippen molar-refractivity contribution in [1.29, 1.82) is 0 Å². The monoisotopic (exact) mass is 399 g/mol. The van der Waals surface area contributed by atoms with Crippen LogP contribution in [0.1, 0.15) is 0 Å². The van der Waals surface area contributed by atoms with Gasteiger partial charge in [-0.3, -0.25) is 0 Å². The Morgan fingerprint density at radius 1 is 1.04 bits per heavy atom. The SMILES string of the molecule is Nc1nc(Nc2ccc(N3CCOCC3)cc2)nc(-c2ccccc2Cl)c1F. The van der Waals surface area contributed by atoms with E-state index in [9.17, 15) is 4.39 Å². The van der Waals surface area contributed by atoms with E-state index in [-0.39, 0.29) is 17.5 Å². The molecule has 0 saturated carbocycles. The second kappa shape index (κ2) is 8.00. The predicted molar refractivity (Wildman–Crippen MR) is 110 cm³/mol. The number of hydrogen-bond acceptors (Lipinski definition) is 6. The molecule has 0 amide bonds. The van der Waals surface area contributed by atoms with Crippen molar-refractivity contribution in [3.8, 4) is 11.3 Å². The number of halogens is 2. The first kappa shape index (κ1) is 18.5. The molecule has 3 N–H and O–H groups in total. The number of morpholine rings is 1. The van der Waals surface area contributed by atoms with Gasteiger partial charge >= 0.3 is 0 Å². The number of nitrogens with two attached hydrogens (primary N) is 1. The molecule has 1 aromatic heterocycles. The zero-order valence-corrected chi connectivity index (χ0v) is 15.8. The molecule has 0 unspecified atom stereocenters. The number of hydrogen-bond donors (Lipinski definition) is 2. The molecule has 1 aliphatic rings.